The van der Waals surface area contributed by atoms with Gasteiger partial charge in [-0.2, -0.15) is 5.10 Å². The lowest BCUT2D eigenvalue weighted by Crippen LogP contribution is -2.29. The smallest absolute Gasteiger partial charge is 0.273 e. The third kappa shape index (κ3) is 4.23. The number of amides is 1. The van der Waals surface area contributed by atoms with Gasteiger partial charge in [-0.05, 0) is 53.9 Å². The lowest BCUT2D eigenvalue weighted by Gasteiger charge is -2.27. The van der Waals surface area contributed by atoms with Crippen LogP contribution in [-0.2, 0) is 6.54 Å². The molecular formula is C28H23Cl2N3O3. The van der Waals surface area contributed by atoms with Gasteiger partial charge >= 0.3 is 0 Å². The summed E-state index contributed by atoms with van der Waals surface area (Å²) in [4.78, 5) is 15.4. The summed E-state index contributed by atoms with van der Waals surface area (Å²) in [7, 11) is 0. The second-order valence-corrected chi connectivity index (χ2v) is 9.39. The maximum absolute atomic E-state index is 13.7. The molecule has 2 N–H and O–H groups in total. The van der Waals surface area contributed by atoms with Crippen LogP contribution in [-0.4, -0.2) is 32.7 Å². The molecule has 1 aromatic heterocycles. The topological polar surface area (TPSA) is 78.5 Å². The highest BCUT2D eigenvalue weighted by atomic mass is 35.5. The SMILES string of the molecule is C=CCOc1cccc(C2c3c(-c4cc(Cl)c(C)cc4O)n[nH]c3C(=O)N2Cc2ccccc2Cl)c1. The summed E-state index contributed by atoms with van der Waals surface area (Å²) in [6.45, 7) is 6.15. The van der Waals surface area contributed by atoms with Gasteiger partial charge in [0.15, 0.2) is 0 Å². The number of ether oxygens (including phenoxy) is 1. The highest BCUT2D eigenvalue weighted by Crippen LogP contribution is 2.46. The number of aromatic amines is 1. The Hall–Kier alpha value is -3.74. The molecule has 6 nitrogen and oxygen atoms in total. The summed E-state index contributed by atoms with van der Waals surface area (Å²) < 4.78 is 5.76. The quantitative estimate of drug-likeness (QED) is 0.266. The highest BCUT2D eigenvalue weighted by Gasteiger charge is 2.43. The van der Waals surface area contributed by atoms with Crippen LogP contribution < -0.4 is 4.74 Å². The van der Waals surface area contributed by atoms with E-state index in [4.69, 9.17) is 27.9 Å². The zero-order valence-electron chi connectivity index (χ0n) is 19.5. The van der Waals surface area contributed by atoms with E-state index in [0.717, 1.165) is 16.7 Å². The number of nitrogens with one attached hydrogen (secondary N) is 1. The Bertz CT molecular complexity index is 1480. The van der Waals surface area contributed by atoms with Crippen molar-refractivity contribution >= 4 is 29.1 Å². The van der Waals surface area contributed by atoms with Crippen molar-refractivity contribution in [2.24, 2.45) is 0 Å². The van der Waals surface area contributed by atoms with Crippen LogP contribution in [0.5, 0.6) is 11.5 Å². The molecule has 3 aromatic carbocycles. The second kappa shape index (κ2) is 9.72. The molecule has 4 aromatic rings. The number of H-pyrrole nitrogens is 1. The van der Waals surface area contributed by atoms with Crippen molar-refractivity contribution in [1.29, 1.82) is 0 Å². The van der Waals surface area contributed by atoms with Crippen molar-refractivity contribution in [3.05, 3.63) is 111 Å². The fraction of sp³-hybridized carbons (Fsp3) is 0.143. The maximum Gasteiger partial charge on any atom is 0.273 e. The van der Waals surface area contributed by atoms with Gasteiger partial charge in [0.25, 0.3) is 5.91 Å². The van der Waals surface area contributed by atoms with Crippen molar-refractivity contribution in [2.45, 2.75) is 19.5 Å². The average Bonchev–Trinajstić information content (AvgIpc) is 3.40. The monoisotopic (exact) mass is 519 g/mol. The Labute approximate surface area is 218 Å². The zero-order chi connectivity index (χ0) is 25.4. The first-order chi connectivity index (χ1) is 17.4. The predicted octanol–water partition coefficient (Wildman–Crippen LogP) is 6.71. The van der Waals surface area contributed by atoms with E-state index >= 15 is 0 Å². The van der Waals surface area contributed by atoms with Crippen molar-refractivity contribution < 1.29 is 14.6 Å². The van der Waals surface area contributed by atoms with Crippen LogP contribution >= 0.6 is 23.2 Å². The molecule has 36 heavy (non-hydrogen) atoms. The summed E-state index contributed by atoms with van der Waals surface area (Å²) in [6, 6.07) is 17.8. The number of fused-ring (bicyclic) bond motifs is 1. The van der Waals surface area contributed by atoms with Crippen LogP contribution in [0.3, 0.4) is 0 Å². The van der Waals surface area contributed by atoms with Crippen molar-refractivity contribution in [3.63, 3.8) is 0 Å². The molecule has 1 unspecified atom stereocenters. The van der Waals surface area contributed by atoms with Gasteiger partial charge in [0.05, 0.1) is 6.04 Å². The lowest BCUT2D eigenvalue weighted by atomic mass is 9.95. The Morgan fingerprint density at radius 3 is 2.72 bits per heavy atom. The fourth-order valence-corrected chi connectivity index (χ4v) is 4.87. The van der Waals surface area contributed by atoms with Crippen LogP contribution in [0.4, 0.5) is 0 Å². The highest BCUT2D eigenvalue weighted by molar-refractivity contribution is 6.32. The van der Waals surface area contributed by atoms with Crippen molar-refractivity contribution in [1.82, 2.24) is 15.1 Å². The van der Waals surface area contributed by atoms with Gasteiger partial charge in [0, 0.05) is 27.7 Å². The van der Waals surface area contributed by atoms with E-state index in [1.807, 2.05) is 49.4 Å². The number of phenolic OH excluding ortho intramolecular Hbond substituents is 1. The van der Waals surface area contributed by atoms with Gasteiger partial charge in [0.2, 0.25) is 0 Å². The first kappa shape index (κ1) is 24.0. The molecule has 0 radical (unpaired) electrons. The number of aromatic hydroxyl groups is 1. The van der Waals surface area contributed by atoms with Gasteiger partial charge in [-0.25, -0.2) is 0 Å². The molecule has 1 aliphatic rings. The Morgan fingerprint density at radius 2 is 1.94 bits per heavy atom. The van der Waals surface area contributed by atoms with Crippen LogP contribution in [0.2, 0.25) is 10.0 Å². The van der Waals surface area contributed by atoms with E-state index in [1.54, 1.807) is 29.2 Å². The second-order valence-electron chi connectivity index (χ2n) is 8.58. The Morgan fingerprint density at radius 1 is 1.14 bits per heavy atom. The van der Waals surface area contributed by atoms with E-state index < -0.39 is 6.04 Å². The third-order valence-corrected chi connectivity index (χ3v) is 7.01. The maximum atomic E-state index is 13.7. The Balaban J connectivity index is 1.67. The number of hydrogen-bond donors (Lipinski definition) is 2. The minimum Gasteiger partial charge on any atom is -0.507 e. The molecular weight excluding hydrogens is 497 g/mol. The number of nitrogens with zero attached hydrogens (tertiary/aromatic N) is 2. The van der Waals surface area contributed by atoms with E-state index in [0.29, 0.717) is 44.9 Å². The molecule has 0 spiro atoms. The standard InChI is InChI=1S/C28H23Cl2N3O3/c1-3-11-36-19-9-6-8-17(13-19)27-24-25(20-14-22(30)16(2)12-23(20)34)31-32-26(24)28(35)33(27)15-18-7-4-5-10-21(18)29/h3-10,12-14,27,34H,1,11,15H2,2H3,(H,31,32). The van der Waals surface area contributed by atoms with Gasteiger partial charge in [-0.3, -0.25) is 9.89 Å². The van der Waals surface area contributed by atoms with Crippen molar-refractivity contribution in [2.75, 3.05) is 6.61 Å². The van der Waals surface area contributed by atoms with Gasteiger partial charge in [0.1, 0.15) is 29.5 Å². The number of aryl methyl sites for hydroxylation is 1. The first-order valence-corrected chi connectivity index (χ1v) is 12.1. The molecule has 5 rings (SSSR count). The molecule has 0 aliphatic carbocycles. The number of halogens is 2. The molecule has 0 fully saturated rings. The van der Waals surface area contributed by atoms with Crippen LogP contribution in [0, 0.1) is 6.92 Å². The fourth-order valence-electron chi connectivity index (χ4n) is 4.51. The lowest BCUT2D eigenvalue weighted by molar-refractivity contribution is 0.0730. The third-order valence-electron chi connectivity index (χ3n) is 6.24. The summed E-state index contributed by atoms with van der Waals surface area (Å²) >= 11 is 12.8. The summed E-state index contributed by atoms with van der Waals surface area (Å²) in [6.07, 6.45) is 1.67. The number of rotatable bonds is 7. The molecule has 182 valence electrons. The molecule has 1 atom stereocenters. The number of benzene rings is 3. The van der Waals surface area contributed by atoms with Gasteiger partial charge in [-0.15, -0.1) is 0 Å². The number of carbonyl (C=O) groups is 1. The van der Waals surface area contributed by atoms with Gasteiger partial charge in [-0.1, -0.05) is 66.2 Å². The van der Waals surface area contributed by atoms with Crippen LogP contribution in [0.25, 0.3) is 11.3 Å². The number of aromatic nitrogens is 2. The minimum absolute atomic E-state index is 0.0324. The molecule has 1 aliphatic heterocycles. The number of hydrogen-bond acceptors (Lipinski definition) is 4. The average molecular weight is 520 g/mol. The summed E-state index contributed by atoms with van der Waals surface area (Å²) in [5.41, 5.74) is 4.30. The van der Waals surface area contributed by atoms with Crippen molar-refractivity contribution in [3.8, 4) is 22.8 Å². The normalized spacial score (nSPS) is 14.7. The molecule has 1 amide bonds. The van der Waals surface area contributed by atoms with Crippen LogP contribution in [0.1, 0.15) is 38.8 Å². The predicted molar refractivity (Wildman–Crippen MR) is 141 cm³/mol. The van der Waals surface area contributed by atoms with E-state index in [1.165, 1.54) is 0 Å². The van der Waals surface area contributed by atoms with Gasteiger partial charge < -0.3 is 14.7 Å². The summed E-state index contributed by atoms with van der Waals surface area (Å²) in [5.74, 6) is 0.464. The zero-order valence-corrected chi connectivity index (χ0v) is 21.0. The molecule has 0 saturated heterocycles. The Kier molecular flexibility index (Phi) is 6.48. The van der Waals surface area contributed by atoms with E-state index in [9.17, 15) is 9.90 Å². The number of phenols is 1. The molecule has 0 bridgehead atoms. The molecule has 8 heteroatoms. The molecule has 0 saturated carbocycles. The minimum atomic E-state index is -0.510. The van der Waals surface area contributed by atoms with E-state index in [-0.39, 0.29) is 18.2 Å². The largest absolute Gasteiger partial charge is 0.507 e. The first-order valence-electron chi connectivity index (χ1n) is 11.3. The van der Waals surface area contributed by atoms with Crippen LogP contribution in [0.15, 0.2) is 73.3 Å². The summed E-state index contributed by atoms with van der Waals surface area (Å²) in [5, 5.41) is 19.2. The van der Waals surface area contributed by atoms with E-state index in [2.05, 4.69) is 16.8 Å². The molecule has 2 heterocycles. The number of carbonyl (C=O) groups excluding carboxylic acids is 1.